The molecular weight excluding hydrogens is 444 g/mol. The largest absolute Gasteiger partial charge is 0.482 e. The lowest BCUT2D eigenvalue weighted by Crippen LogP contribution is -2.50. The van der Waals surface area contributed by atoms with Crippen LogP contribution in [-0.4, -0.2) is 84.0 Å². The Hall–Kier alpha value is -2.97. The minimum atomic E-state index is -0.00301. The van der Waals surface area contributed by atoms with Gasteiger partial charge in [-0.2, -0.15) is 0 Å². The molecule has 5 rings (SSSR count). The first-order chi connectivity index (χ1) is 17.2. The molecule has 0 saturated carbocycles. The van der Waals surface area contributed by atoms with Gasteiger partial charge < -0.3 is 19.3 Å². The van der Waals surface area contributed by atoms with Gasteiger partial charge in [-0.3, -0.25) is 19.5 Å². The number of benzene rings is 1. The summed E-state index contributed by atoms with van der Waals surface area (Å²) < 4.78 is 11.0. The van der Waals surface area contributed by atoms with E-state index >= 15 is 0 Å². The molecule has 0 atom stereocenters. The third kappa shape index (κ3) is 6.00. The van der Waals surface area contributed by atoms with E-state index in [4.69, 9.17) is 9.47 Å². The van der Waals surface area contributed by atoms with Crippen molar-refractivity contribution in [1.29, 1.82) is 0 Å². The molecule has 35 heavy (non-hydrogen) atoms. The van der Waals surface area contributed by atoms with Crippen LogP contribution in [0, 0.1) is 5.92 Å². The monoisotopic (exact) mass is 478 g/mol. The zero-order chi connectivity index (χ0) is 24.0. The van der Waals surface area contributed by atoms with Crippen LogP contribution >= 0.6 is 0 Å². The van der Waals surface area contributed by atoms with E-state index in [0.29, 0.717) is 38.0 Å². The van der Waals surface area contributed by atoms with Crippen LogP contribution in [-0.2, 0) is 33.8 Å². The molecule has 2 aromatic rings. The average molecular weight is 479 g/mol. The van der Waals surface area contributed by atoms with Crippen molar-refractivity contribution in [2.45, 2.75) is 32.4 Å². The molecule has 8 heteroatoms. The zero-order valence-corrected chi connectivity index (χ0v) is 20.2. The summed E-state index contributed by atoms with van der Waals surface area (Å²) in [5.74, 6) is 1.06. The Balaban J connectivity index is 1.09. The van der Waals surface area contributed by atoms with Crippen molar-refractivity contribution in [3.05, 3.63) is 59.4 Å². The summed E-state index contributed by atoms with van der Waals surface area (Å²) in [5.41, 5.74) is 3.84. The minimum absolute atomic E-state index is 0.00301. The number of pyridine rings is 1. The Bertz CT molecular complexity index is 1020. The summed E-state index contributed by atoms with van der Waals surface area (Å²) in [4.78, 5) is 35.8. The lowest BCUT2D eigenvalue weighted by atomic mass is 9.96. The van der Waals surface area contributed by atoms with Crippen LogP contribution in [0.3, 0.4) is 0 Å². The van der Waals surface area contributed by atoms with E-state index in [9.17, 15) is 9.59 Å². The van der Waals surface area contributed by atoms with Crippen LogP contribution in [0.25, 0.3) is 0 Å². The van der Waals surface area contributed by atoms with E-state index in [1.807, 2.05) is 9.80 Å². The second kappa shape index (κ2) is 11.2. The molecule has 4 heterocycles. The molecule has 3 aliphatic rings. The maximum atomic E-state index is 12.8. The molecule has 0 bridgehead atoms. The van der Waals surface area contributed by atoms with Gasteiger partial charge in [-0.1, -0.05) is 18.2 Å². The maximum absolute atomic E-state index is 12.8. The Morgan fingerprint density at radius 1 is 1.00 bits per heavy atom. The first kappa shape index (κ1) is 23.8. The third-order valence-electron chi connectivity index (χ3n) is 7.29. The van der Waals surface area contributed by atoms with Gasteiger partial charge in [0.1, 0.15) is 5.75 Å². The number of fused-ring (bicyclic) bond motifs is 1. The minimum Gasteiger partial charge on any atom is -0.482 e. The van der Waals surface area contributed by atoms with E-state index in [0.717, 1.165) is 52.0 Å². The van der Waals surface area contributed by atoms with Gasteiger partial charge in [0.25, 0.3) is 5.91 Å². The topological polar surface area (TPSA) is 75.2 Å². The van der Waals surface area contributed by atoms with Crippen LogP contribution in [0.4, 0.5) is 0 Å². The molecule has 2 fully saturated rings. The maximum Gasteiger partial charge on any atom is 0.260 e. The number of piperazine rings is 1. The molecule has 8 nitrogen and oxygen atoms in total. The highest BCUT2D eigenvalue weighted by atomic mass is 16.5. The van der Waals surface area contributed by atoms with Crippen molar-refractivity contribution in [1.82, 2.24) is 19.7 Å². The highest BCUT2D eigenvalue weighted by molar-refractivity contribution is 5.79. The summed E-state index contributed by atoms with van der Waals surface area (Å²) in [5, 5.41) is 0. The van der Waals surface area contributed by atoms with Crippen molar-refractivity contribution in [3.63, 3.8) is 0 Å². The lowest BCUT2D eigenvalue weighted by Gasteiger charge is -2.37. The Kier molecular flexibility index (Phi) is 7.59. The lowest BCUT2D eigenvalue weighted by molar-refractivity contribution is -0.140. The quantitative estimate of drug-likeness (QED) is 0.633. The van der Waals surface area contributed by atoms with Gasteiger partial charge in [0.2, 0.25) is 5.91 Å². The van der Waals surface area contributed by atoms with Gasteiger partial charge in [-0.25, -0.2) is 0 Å². The molecule has 1 aromatic heterocycles. The molecule has 186 valence electrons. The van der Waals surface area contributed by atoms with Gasteiger partial charge in [-0.15, -0.1) is 0 Å². The van der Waals surface area contributed by atoms with E-state index in [2.05, 4.69) is 28.1 Å². The van der Waals surface area contributed by atoms with E-state index in [1.54, 1.807) is 24.5 Å². The summed E-state index contributed by atoms with van der Waals surface area (Å²) in [6, 6.07) is 10.2. The molecule has 0 unspecified atom stereocenters. The Labute approximate surface area is 206 Å². The summed E-state index contributed by atoms with van der Waals surface area (Å²) in [7, 11) is 0. The van der Waals surface area contributed by atoms with Crippen molar-refractivity contribution in [3.8, 4) is 5.75 Å². The summed E-state index contributed by atoms with van der Waals surface area (Å²) in [6.45, 7) is 7.10. The molecular formula is C27H34N4O4. The molecule has 0 spiro atoms. The van der Waals surface area contributed by atoms with E-state index in [1.165, 1.54) is 16.7 Å². The second-order valence-corrected chi connectivity index (χ2v) is 9.63. The number of amides is 2. The standard InChI is InChI=1S/C27H34N4O4/c32-26(20-35-25-2-1-8-28-17-25)31-9-5-23-16-21(3-4-24(23)19-31)18-29-10-12-30(13-11-29)27(33)22-6-14-34-15-7-22/h1-4,8,16-17,22H,5-7,9-15,18-20H2. The normalized spacial score (nSPS) is 19.3. The number of carbonyl (C=O) groups excluding carboxylic acids is 2. The number of hydrogen-bond donors (Lipinski definition) is 0. The van der Waals surface area contributed by atoms with E-state index in [-0.39, 0.29) is 18.4 Å². The second-order valence-electron chi connectivity index (χ2n) is 9.63. The first-order valence-electron chi connectivity index (χ1n) is 12.7. The van der Waals surface area contributed by atoms with Crippen LogP contribution in [0.1, 0.15) is 29.5 Å². The average Bonchev–Trinajstić information content (AvgIpc) is 2.92. The molecule has 1 aromatic carbocycles. The molecule has 2 amide bonds. The van der Waals surface area contributed by atoms with E-state index < -0.39 is 0 Å². The number of ether oxygens (including phenoxy) is 2. The smallest absolute Gasteiger partial charge is 0.260 e. The van der Waals surface area contributed by atoms with Gasteiger partial charge in [-0.05, 0) is 48.1 Å². The summed E-state index contributed by atoms with van der Waals surface area (Å²) >= 11 is 0. The zero-order valence-electron chi connectivity index (χ0n) is 20.2. The molecule has 3 aliphatic heterocycles. The molecule has 2 saturated heterocycles. The Morgan fingerprint density at radius 3 is 2.60 bits per heavy atom. The fraction of sp³-hybridized carbons (Fsp3) is 0.519. The number of hydrogen-bond acceptors (Lipinski definition) is 6. The van der Waals surface area contributed by atoms with Gasteiger partial charge in [0.05, 0.1) is 6.20 Å². The van der Waals surface area contributed by atoms with Crippen LogP contribution in [0.15, 0.2) is 42.7 Å². The molecule has 0 aliphatic carbocycles. The van der Waals surface area contributed by atoms with Crippen LogP contribution < -0.4 is 4.74 Å². The van der Waals surface area contributed by atoms with Crippen LogP contribution in [0.5, 0.6) is 5.75 Å². The SMILES string of the molecule is O=C(COc1cccnc1)N1CCc2cc(CN3CCN(C(=O)C4CCOCC4)CC3)ccc2C1. The van der Waals surface area contributed by atoms with Gasteiger partial charge in [0.15, 0.2) is 6.61 Å². The molecule has 0 N–H and O–H groups in total. The summed E-state index contributed by atoms with van der Waals surface area (Å²) in [6.07, 6.45) is 5.86. The van der Waals surface area contributed by atoms with Gasteiger partial charge >= 0.3 is 0 Å². The third-order valence-corrected chi connectivity index (χ3v) is 7.29. The number of carbonyl (C=O) groups is 2. The van der Waals surface area contributed by atoms with Crippen molar-refractivity contribution in [2.24, 2.45) is 5.92 Å². The van der Waals surface area contributed by atoms with Crippen LogP contribution in [0.2, 0.25) is 0 Å². The van der Waals surface area contributed by atoms with Gasteiger partial charge in [0, 0.05) is 71.1 Å². The Morgan fingerprint density at radius 2 is 1.83 bits per heavy atom. The highest BCUT2D eigenvalue weighted by Crippen LogP contribution is 2.23. The fourth-order valence-electron chi connectivity index (χ4n) is 5.17. The number of rotatable bonds is 6. The van der Waals surface area contributed by atoms with Crippen molar-refractivity contribution >= 4 is 11.8 Å². The van der Waals surface area contributed by atoms with Crippen molar-refractivity contribution in [2.75, 3.05) is 52.5 Å². The predicted molar refractivity (Wildman–Crippen MR) is 131 cm³/mol. The highest BCUT2D eigenvalue weighted by Gasteiger charge is 2.29. The first-order valence-corrected chi connectivity index (χ1v) is 12.7. The molecule has 0 radical (unpaired) electrons. The number of nitrogens with zero attached hydrogens (tertiary/aromatic N) is 4. The number of aromatic nitrogens is 1. The predicted octanol–water partition coefficient (Wildman–Crippen LogP) is 2.12. The van der Waals surface area contributed by atoms with Crippen molar-refractivity contribution < 1.29 is 19.1 Å². The fourth-order valence-corrected chi connectivity index (χ4v) is 5.17.